The van der Waals surface area contributed by atoms with E-state index in [0.29, 0.717) is 16.6 Å². The van der Waals surface area contributed by atoms with Gasteiger partial charge in [0.2, 0.25) is 0 Å². The average Bonchev–Trinajstić information content (AvgIpc) is 3.04. The molecule has 1 aliphatic rings. The Morgan fingerprint density at radius 1 is 1.63 bits per heavy atom. The third-order valence-electron chi connectivity index (χ3n) is 3.22. The number of hydrogen-bond acceptors (Lipinski definition) is 6. The number of carbonyl (C=O) groups is 1. The normalized spacial score (nSPS) is 18.5. The van der Waals surface area contributed by atoms with E-state index >= 15 is 0 Å². The number of amides is 1. The third-order valence-corrected chi connectivity index (χ3v) is 5.64. The first kappa shape index (κ1) is 14.5. The maximum Gasteiger partial charge on any atom is 0.265 e. The van der Waals surface area contributed by atoms with Gasteiger partial charge in [-0.1, -0.05) is 11.3 Å². The summed E-state index contributed by atoms with van der Waals surface area (Å²) in [5.41, 5.74) is 5.83. The smallest absolute Gasteiger partial charge is 0.265 e. The van der Waals surface area contributed by atoms with Gasteiger partial charge in [0.1, 0.15) is 10.7 Å². The number of rotatable bonds is 5. The summed E-state index contributed by atoms with van der Waals surface area (Å²) in [4.78, 5) is 18.8. The van der Waals surface area contributed by atoms with Gasteiger partial charge >= 0.3 is 0 Å². The predicted octanol–water partition coefficient (Wildman–Crippen LogP) is 1.66. The molecular weight excluding hydrogens is 280 g/mol. The van der Waals surface area contributed by atoms with Crippen LogP contribution in [0.3, 0.4) is 0 Å². The fraction of sp³-hybridized carbons (Fsp3) is 0.667. The van der Waals surface area contributed by atoms with Gasteiger partial charge in [-0.05, 0) is 30.8 Å². The predicted molar refractivity (Wildman–Crippen MR) is 83.2 cm³/mol. The van der Waals surface area contributed by atoms with Crippen molar-refractivity contribution in [3.63, 3.8) is 0 Å². The zero-order valence-corrected chi connectivity index (χ0v) is 12.9. The molecule has 1 aromatic rings. The van der Waals surface area contributed by atoms with Crippen molar-refractivity contribution in [1.82, 2.24) is 10.3 Å². The average molecular weight is 300 g/mol. The van der Waals surface area contributed by atoms with Gasteiger partial charge in [0.05, 0.1) is 0 Å². The molecule has 1 amide bonds. The van der Waals surface area contributed by atoms with Crippen LogP contribution in [0.25, 0.3) is 0 Å². The fourth-order valence-electron chi connectivity index (χ4n) is 1.84. The lowest BCUT2D eigenvalue weighted by atomic mass is 10.1. The monoisotopic (exact) mass is 300 g/mol. The van der Waals surface area contributed by atoms with E-state index in [1.807, 2.05) is 30.6 Å². The lowest BCUT2D eigenvalue weighted by Crippen LogP contribution is -2.29. The molecule has 2 rings (SSSR count). The van der Waals surface area contributed by atoms with Crippen molar-refractivity contribution in [3.05, 3.63) is 4.88 Å². The summed E-state index contributed by atoms with van der Waals surface area (Å²) in [5.74, 6) is 3.18. The minimum absolute atomic E-state index is 0.0948. The highest BCUT2D eigenvalue weighted by atomic mass is 32.2. The second-order valence-electron chi connectivity index (χ2n) is 4.66. The van der Waals surface area contributed by atoms with E-state index in [1.54, 1.807) is 0 Å². The molecule has 1 aliphatic heterocycles. The first-order valence-electron chi connectivity index (χ1n) is 6.45. The summed E-state index contributed by atoms with van der Waals surface area (Å²) in [6, 6.07) is 0. The molecule has 0 saturated carbocycles. The van der Waals surface area contributed by atoms with Crippen molar-refractivity contribution in [2.24, 2.45) is 5.92 Å². The van der Waals surface area contributed by atoms with Crippen LogP contribution in [0, 0.1) is 5.92 Å². The van der Waals surface area contributed by atoms with E-state index in [9.17, 15) is 4.79 Å². The van der Waals surface area contributed by atoms with Crippen LogP contribution in [-0.4, -0.2) is 42.5 Å². The van der Waals surface area contributed by atoms with E-state index < -0.39 is 0 Å². The van der Waals surface area contributed by atoms with Crippen molar-refractivity contribution < 1.29 is 4.79 Å². The Labute approximate surface area is 122 Å². The van der Waals surface area contributed by atoms with E-state index in [-0.39, 0.29) is 5.91 Å². The molecule has 19 heavy (non-hydrogen) atoms. The maximum absolute atomic E-state index is 12.1. The minimum Gasteiger partial charge on any atom is -0.382 e. The van der Waals surface area contributed by atoms with Crippen LogP contribution in [0.4, 0.5) is 10.9 Å². The van der Waals surface area contributed by atoms with E-state index in [1.165, 1.54) is 23.5 Å². The van der Waals surface area contributed by atoms with Crippen molar-refractivity contribution in [3.8, 4) is 0 Å². The molecule has 5 nitrogen and oxygen atoms in total. The molecule has 106 valence electrons. The molecule has 1 unspecified atom stereocenters. The zero-order chi connectivity index (χ0) is 13.8. The Morgan fingerprint density at radius 2 is 2.42 bits per heavy atom. The van der Waals surface area contributed by atoms with Crippen molar-refractivity contribution in [2.45, 2.75) is 13.3 Å². The summed E-state index contributed by atoms with van der Waals surface area (Å²) in [6.45, 7) is 3.62. The Balaban J connectivity index is 1.96. The lowest BCUT2D eigenvalue weighted by Gasteiger charge is -2.11. The third kappa shape index (κ3) is 3.54. The summed E-state index contributed by atoms with van der Waals surface area (Å²) in [5, 5.41) is 3.76. The Morgan fingerprint density at radius 3 is 3.05 bits per heavy atom. The van der Waals surface area contributed by atoms with E-state index in [0.717, 1.165) is 24.0 Å². The van der Waals surface area contributed by atoms with Crippen LogP contribution in [0.15, 0.2) is 0 Å². The standard InChI is InChI=1S/C12H20N4OS2/c1-3-16(2)12-15-10(13)9(19-12)11(17)14-6-8-4-5-18-7-8/h8H,3-7,13H2,1-2H3,(H,14,17). The minimum atomic E-state index is -0.0948. The number of nitrogen functional groups attached to an aromatic ring is 1. The van der Waals surface area contributed by atoms with Crippen LogP contribution in [0.5, 0.6) is 0 Å². The van der Waals surface area contributed by atoms with Gasteiger partial charge in [-0.3, -0.25) is 4.79 Å². The Kier molecular flexibility index (Phi) is 4.93. The molecule has 0 aliphatic carbocycles. The van der Waals surface area contributed by atoms with Gasteiger partial charge in [-0.25, -0.2) is 4.98 Å². The topological polar surface area (TPSA) is 71.2 Å². The van der Waals surface area contributed by atoms with Gasteiger partial charge in [0, 0.05) is 20.1 Å². The van der Waals surface area contributed by atoms with Crippen molar-refractivity contribution in [2.75, 3.05) is 42.3 Å². The van der Waals surface area contributed by atoms with Gasteiger partial charge in [0.15, 0.2) is 5.13 Å². The van der Waals surface area contributed by atoms with Gasteiger partial charge < -0.3 is 16.0 Å². The van der Waals surface area contributed by atoms with E-state index in [2.05, 4.69) is 10.3 Å². The highest BCUT2D eigenvalue weighted by Gasteiger charge is 2.20. The first-order valence-corrected chi connectivity index (χ1v) is 8.42. The molecule has 0 bridgehead atoms. The largest absolute Gasteiger partial charge is 0.382 e. The number of nitrogens with zero attached hydrogens (tertiary/aromatic N) is 2. The molecule has 0 aromatic carbocycles. The number of aromatic nitrogens is 1. The maximum atomic E-state index is 12.1. The number of hydrogen-bond donors (Lipinski definition) is 2. The summed E-state index contributed by atoms with van der Waals surface area (Å²) >= 11 is 3.31. The molecule has 3 N–H and O–H groups in total. The van der Waals surface area contributed by atoms with E-state index in [4.69, 9.17) is 5.73 Å². The quantitative estimate of drug-likeness (QED) is 0.865. The van der Waals surface area contributed by atoms with Gasteiger partial charge in [-0.2, -0.15) is 11.8 Å². The molecule has 1 aromatic heterocycles. The van der Waals surface area contributed by atoms with Crippen molar-refractivity contribution in [1.29, 1.82) is 0 Å². The molecule has 1 saturated heterocycles. The van der Waals surface area contributed by atoms with Crippen LogP contribution >= 0.6 is 23.1 Å². The molecule has 1 fully saturated rings. The molecular formula is C12H20N4OS2. The second kappa shape index (κ2) is 6.47. The number of nitrogens with two attached hydrogens (primary N) is 1. The zero-order valence-electron chi connectivity index (χ0n) is 11.3. The van der Waals surface area contributed by atoms with Gasteiger partial charge in [0.25, 0.3) is 5.91 Å². The highest BCUT2D eigenvalue weighted by molar-refractivity contribution is 7.99. The lowest BCUT2D eigenvalue weighted by molar-refractivity contribution is 0.0953. The Bertz CT molecular complexity index is 443. The summed E-state index contributed by atoms with van der Waals surface area (Å²) in [7, 11) is 1.94. The number of nitrogens with one attached hydrogen (secondary N) is 1. The SMILES string of the molecule is CCN(C)c1nc(N)c(C(=O)NCC2CCSC2)s1. The second-order valence-corrected chi connectivity index (χ2v) is 6.79. The number of thioether (sulfide) groups is 1. The molecule has 7 heteroatoms. The molecule has 0 radical (unpaired) electrons. The molecule has 1 atom stereocenters. The van der Waals surface area contributed by atoms with Crippen LogP contribution in [0.1, 0.15) is 23.0 Å². The summed E-state index contributed by atoms with van der Waals surface area (Å²) < 4.78 is 0. The Hall–Kier alpha value is -0.950. The van der Waals surface area contributed by atoms with Crippen molar-refractivity contribution >= 4 is 40.0 Å². The number of thiazole rings is 1. The van der Waals surface area contributed by atoms with Crippen LogP contribution in [-0.2, 0) is 0 Å². The fourth-order valence-corrected chi connectivity index (χ4v) is 4.05. The first-order chi connectivity index (χ1) is 9.11. The van der Waals surface area contributed by atoms with Crippen LogP contribution in [0.2, 0.25) is 0 Å². The van der Waals surface area contributed by atoms with Gasteiger partial charge in [-0.15, -0.1) is 0 Å². The summed E-state index contributed by atoms with van der Waals surface area (Å²) in [6.07, 6.45) is 1.19. The number of carbonyl (C=O) groups excluding carboxylic acids is 1. The highest BCUT2D eigenvalue weighted by Crippen LogP contribution is 2.27. The van der Waals surface area contributed by atoms with Crippen LogP contribution < -0.4 is 16.0 Å². The molecule has 2 heterocycles. The number of anilines is 2. The molecule has 0 spiro atoms.